The van der Waals surface area contributed by atoms with Gasteiger partial charge in [-0.1, -0.05) is 18.0 Å². The molecule has 0 atom stereocenters. The van der Waals surface area contributed by atoms with Crippen molar-refractivity contribution in [2.45, 2.75) is 38.2 Å². The van der Waals surface area contributed by atoms with E-state index in [-0.39, 0.29) is 22.4 Å². The fourth-order valence-corrected chi connectivity index (χ4v) is 2.40. The zero-order valence-electron chi connectivity index (χ0n) is 10.3. The molecule has 0 unspecified atom stereocenters. The van der Waals surface area contributed by atoms with Gasteiger partial charge in [-0.25, -0.2) is 4.79 Å². The highest BCUT2D eigenvalue weighted by Gasteiger charge is 2.25. The average molecular weight is 284 g/mol. The Morgan fingerprint density at radius 1 is 1.32 bits per heavy atom. The summed E-state index contributed by atoms with van der Waals surface area (Å²) in [7, 11) is 0. The lowest BCUT2D eigenvalue weighted by Gasteiger charge is -2.21. The number of hydrogen-bond donors (Lipinski definition) is 0. The summed E-state index contributed by atoms with van der Waals surface area (Å²) in [6.45, 7) is 0. The first-order valence-corrected chi connectivity index (χ1v) is 6.60. The van der Waals surface area contributed by atoms with Crippen molar-refractivity contribution in [3.8, 4) is 0 Å². The molecule has 1 aromatic rings. The van der Waals surface area contributed by atoms with Crippen molar-refractivity contribution >= 4 is 23.3 Å². The molecule has 0 heterocycles. The van der Waals surface area contributed by atoms with Gasteiger partial charge in [-0.15, -0.1) is 0 Å². The van der Waals surface area contributed by atoms with Gasteiger partial charge in [0.2, 0.25) is 0 Å². The van der Waals surface area contributed by atoms with Gasteiger partial charge in [0, 0.05) is 11.1 Å². The number of esters is 1. The van der Waals surface area contributed by atoms with Gasteiger partial charge >= 0.3 is 5.97 Å². The average Bonchev–Trinajstić information content (AvgIpc) is 2.39. The van der Waals surface area contributed by atoms with E-state index in [0.29, 0.717) is 0 Å². The monoisotopic (exact) mass is 283 g/mol. The molecule has 0 bridgehead atoms. The van der Waals surface area contributed by atoms with Crippen LogP contribution >= 0.6 is 11.6 Å². The zero-order valence-corrected chi connectivity index (χ0v) is 11.1. The first kappa shape index (κ1) is 13.8. The van der Waals surface area contributed by atoms with Crippen LogP contribution in [0.4, 0.5) is 5.69 Å². The van der Waals surface area contributed by atoms with Crippen molar-refractivity contribution in [3.05, 3.63) is 38.9 Å². The van der Waals surface area contributed by atoms with E-state index in [9.17, 15) is 14.9 Å². The van der Waals surface area contributed by atoms with E-state index in [4.69, 9.17) is 16.3 Å². The van der Waals surface area contributed by atoms with Crippen LogP contribution in [0.5, 0.6) is 0 Å². The molecule has 1 aliphatic rings. The summed E-state index contributed by atoms with van der Waals surface area (Å²) in [4.78, 5) is 22.3. The van der Waals surface area contributed by atoms with Gasteiger partial charge in [-0.3, -0.25) is 10.1 Å². The number of rotatable bonds is 3. The second kappa shape index (κ2) is 6.02. The van der Waals surface area contributed by atoms with Crippen molar-refractivity contribution in [2.75, 3.05) is 0 Å². The van der Waals surface area contributed by atoms with E-state index in [1.165, 1.54) is 18.2 Å². The lowest BCUT2D eigenvalue weighted by atomic mass is 9.98. The summed E-state index contributed by atoms with van der Waals surface area (Å²) in [5, 5.41) is 11.2. The number of halogens is 1. The SMILES string of the molecule is O=C(OC1CCCCC1)c1cc(Cl)ccc1[N+](=O)[O-]. The lowest BCUT2D eigenvalue weighted by molar-refractivity contribution is -0.385. The minimum Gasteiger partial charge on any atom is -0.459 e. The molecule has 0 amide bonds. The molecule has 19 heavy (non-hydrogen) atoms. The number of hydrogen-bond acceptors (Lipinski definition) is 4. The predicted octanol–water partition coefficient (Wildman–Crippen LogP) is 3.74. The Labute approximate surface area is 115 Å². The molecule has 0 saturated heterocycles. The number of carbonyl (C=O) groups excluding carboxylic acids is 1. The molecule has 5 nitrogen and oxygen atoms in total. The van der Waals surface area contributed by atoms with Crippen molar-refractivity contribution < 1.29 is 14.5 Å². The molecule has 1 fully saturated rings. The first-order valence-electron chi connectivity index (χ1n) is 6.23. The largest absolute Gasteiger partial charge is 0.459 e. The van der Waals surface area contributed by atoms with Crippen LogP contribution in [-0.4, -0.2) is 17.0 Å². The molecule has 0 radical (unpaired) electrons. The summed E-state index contributed by atoms with van der Waals surface area (Å²) in [5.74, 6) is -0.666. The topological polar surface area (TPSA) is 69.4 Å². The molecule has 2 rings (SSSR count). The number of nitro groups is 1. The molecule has 0 aliphatic heterocycles. The number of benzene rings is 1. The fraction of sp³-hybridized carbons (Fsp3) is 0.462. The molecule has 0 N–H and O–H groups in total. The smallest absolute Gasteiger partial charge is 0.345 e. The number of nitrogens with zero attached hydrogens (tertiary/aromatic N) is 1. The number of ether oxygens (including phenoxy) is 1. The van der Waals surface area contributed by atoms with Crippen LogP contribution in [0.2, 0.25) is 5.02 Å². The van der Waals surface area contributed by atoms with Crippen molar-refractivity contribution in [1.82, 2.24) is 0 Å². The molecule has 102 valence electrons. The summed E-state index contributed by atoms with van der Waals surface area (Å²) in [5.41, 5.74) is -0.353. The molecule has 1 aromatic carbocycles. The number of nitro benzene ring substituents is 1. The van der Waals surface area contributed by atoms with Gasteiger partial charge in [-0.05, 0) is 37.8 Å². The van der Waals surface area contributed by atoms with Gasteiger partial charge in [0.25, 0.3) is 5.69 Å². The van der Waals surface area contributed by atoms with Gasteiger partial charge in [0.1, 0.15) is 11.7 Å². The Balaban J connectivity index is 2.17. The second-order valence-corrected chi connectivity index (χ2v) is 5.02. The van der Waals surface area contributed by atoms with Gasteiger partial charge in [-0.2, -0.15) is 0 Å². The highest BCUT2D eigenvalue weighted by atomic mass is 35.5. The minimum atomic E-state index is -0.666. The van der Waals surface area contributed by atoms with E-state index in [1.807, 2.05) is 0 Å². The van der Waals surface area contributed by atoms with E-state index in [2.05, 4.69) is 0 Å². The first-order chi connectivity index (χ1) is 9.08. The molecule has 1 saturated carbocycles. The third-order valence-electron chi connectivity index (χ3n) is 3.20. The zero-order chi connectivity index (χ0) is 13.8. The van der Waals surface area contributed by atoms with Crippen LogP contribution in [0.25, 0.3) is 0 Å². The Morgan fingerprint density at radius 2 is 2.00 bits per heavy atom. The molecule has 0 aromatic heterocycles. The molecular weight excluding hydrogens is 270 g/mol. The minimum absolute atomic E-state index is 0.0805. The van der Waals surface area contributed by atoms with E-state index >= 15 is 0 Å². The Kier molecular flexibility index (Phi) is 4.37. The Bertz CT molecular complexity index is 497. The van der Waals surface area contributed by atoms with Crippen LogP contribution in [0.3, 0.4) is 0 Å². The number of carbonyl (C=O) groups is 1. The Hall–Kier alpha value is -1.62. The van der Waals surface area contributed by atoms with E-state index < -0.39 is 10.9 Å². The van der Waals surface area contributed by atoms with Crippen molar-refractivity contribution in [1.29, 1.82) is 0 Å². The van der Waals surface area contributed by atoms with Crippen LogP contribution in [-0.2, 0) is 4.74 Å². The summed E-state index contributed by atoms with van der Waals surface area (Å²) in [6, 6.07) is 3.89. The normalized spacial score (nSPS) is 16.1. The highest BCUT2D eigenvalue weighted by molar-refractivity contribution is 6.31. The third-order valence-corrected chi connectivity index (χ3v) is 3.44. The Morgan fingerprint density at radius 3 is 2.63 bits per heavy atom. The second-order valence-electron chi connectivity index (χ2n) is 4.58. The van der Waals surface area contributed by atoms with Crippen LogP contribution in [0, 0.1) is 10.1 Å². The van der Waals surface area contributed by atoms with Gasteiger partial charge < -0.3 is 4.74 Å². The van der Waals surface area contributed by atoms with E-state index in [0.717, 1.165) is 32.1 Å². The molecule has 0 spiro atoms. The summed E-state index contributed by atoms with van der Waals surface area (Å²) < 4.78 is 5.32. The van der Waals surface area contributed by atoms with Crippen LogP contribution in [0.1, 0.15) is 42.5 Å². The maximum absolute atomic E-state index is 12.0. The van der Waals surface area contributed by atoms with Crippen molar-refractivity contribution in [3.63, 3.8) is 0 Å². The summed E-state index contributed by atoms with van der Waals surface area (Å²) >= 11 is 5.78. The standard InChI is InChI=1S/C13H14ClNO4/c14-9-6-7-12(15(17)18)11(8-9)13(16)19-10-4-2-1-3-5-10/h6-8,10H,1-5H2. The maximum Gasteiger partial charge on any atom is 0.345 e. The fourth-order valence-electron chi connectivity index (χ4n) is 2.23. The maximum atomic E-state index is 12.0. The molecule has 6 heteroatoms. The summed E-state index contributed by atoms with van der Waals surface area (Å²) in [6.07, 6.45) is 4.69. The van der Waals surface area contributed by atoms with Crippen LogP contribution in [0.15, 0.2) is 18.2 Å². The highest BCUT2D eigenvalue weighted by Crippen LogP contribution is 2.26. The predicted molar refractivity (Wildman–Crippen MR) is 70.4 cm³/mol. The molecular formula is C13H14ClNO4. The third kappa shape index (κ3) is 3.44. The van der Waals surface area contributed by atoms with Gasteiger partial charge in [0.05, 0.1) is 4.92 Å². The van der Waals surface area contributed by atoms with Gasteiger partial charge in [0.15, 0.2) is 0 Å². The molecule has 1 aliphatic carbocycles. The van der Waals surface area contributed by atoms with Crippen LogP contribution < -0.4 is 0 Å². The quantitative estimate of drug-likeness (QED) is 0.481. The lowest BCUT2D eigenvalue weighted by Crippen LogP contribution is -2.21. The van der Waals surface area contributed by atoms with E-state index in [1.54, 1.807) is 0 Å². The van der Waals surface area contributed by atoms with Crippen molar-refractivity contribution in [2.24, 2.45) is 0 Å².